The SMILES string of the molecule is Nc1nnc(C2CCC(O)CC2)s1. The highest BCUT2D eigenvalue weighted by Gasteiger charge is 2.23. The average Bonchev–Trinajstić information content (AvgIpc) is 2.53. The van der Waals surface area contributed by atoms with E-state index in [9.17, 15) is 5.11 Å². The Morgan fingerprint density at radius 2 is 1.92 bits per heavy atom. The first-order valence-corrected chi connectivity index (χ1v) is 5.34. The topological polar surface area (TPSA) is 72.0 Å². The van der Waals surface area contributed by atoms with Gasteiger partial charge in [-0.25, -0.2) is 0 Å². The fraction of sp³-hybridized carbons (Fsp3) is 0.750. The summed E-state index contributed by atoms with van der Waals surface area (Å²) >= 11 is 1.47. The predicted octanol–water partition coefficient (Wildman–Crippen LogP) is 1.14. The number of hydrogen-bond donors (Lipinski definition) is 2. The van der Waals surface area contributed by atoms with Gasteiger partial charge in [0.2, 0.25) is 5.13 Å². The Bertz CT molecular complexity index is 281. The lowest BCUT2D eigenvalue weighted by atomic mass is 9.88. The molecule has 0 saturated heterocycles. The molecule has 0 amide bonds. The molecule has 0 spiro atoms. The molecule has 1 fully saturated rings. The van der Waals surface area contributed by atoms with Crippen molar-refractivity contribution in [2.24, 2.45) is 0 Å². The molecule has 3 N–H and O–H groups in total. The van der Waals surface area contributed by atoms with E-state index in [2.05, 4.69) is 10.2 Å². The van der Waals surface area contributed by atoms with Crippen LogP contribution in [0.2, 0.25) is 0 Å². The van der Waals surface area contributed by atoms with E-state index in [1.54, 1.807) is 0 Å². The molecule has 2 rings (SSSR count). The fourth-order valence-electron chi connectivity index (χ4n) is 1.73. The Labute approximate surface area is 80.8 Å². The lowest BCUT2D eigenvalue weighted by Crippen LogP contribution is -2.16. The second-order valence-electron chi connectivity index (χ2n) is 3.48. The monoisotopic (exact) mass is 199 g/mol. The van der Waals surface area contributed by atoms with Gasteiger partial charge in [-0.1, -0.05) is 11.3 Å². The summed E-state index contributed by atoms with van der Waals surface area (Å²) in [4.78, 5) is 0. The van der Waals surface area contributed by atoms with Gasteiger partial charge in [-0.15, -0.1) is 10.2 Å². The van der Waals surface area contributed by atoms with Crippen LogP contribution in [-0.4, -0.2) is 21.4 Å². The summed E-state index contributed by atoms with van der Waals surface area (Å²) in [5.74, 6) is 0.471. The summed E-state index contributed by atoms with van der Waals surface area (Å²) in [6, 6.07) is 0. The minimum Gasteiger partial charge on any atom is -0.393 e. The molecular weight excluding hydrogens is 186 g/mol. The maximum atomic E-state index is 9.32. The van der Waals surface area contributed by atoms with Crippen molar-refractivity contribution in [2.45, 2.75) is 37.7 Å². The molecule has 1 heterocycles. The van der Waals surface area contributed by atoms with Crippen LogP contribution >= 0.6 is 11.3 Å². The first kappa shape index (κ1) is 8.90. The largest absolute Gasteiger partial charge is 0.393 e. The third-order valence-electron chi connectivity index (χ3n) is 2.50. The Balaban J connectivity index is 2.02. The van der Waals surface area contributed by atoms with Crippen LogP contribution < -0.4 is 5.73 Å². The number of aliphatic hydroxyl groups is 1. The van der Waals surface area contributed by atoms with Crippen LogP contribution in [-0.2, 0) is 0 Å². The Morgan fingerprint density at radius 3 is 2.46 bits per heavy atom. The van der Waals surface area contributed by atoms with E-state index in [1.165, 1.54) is 11.3 Å². The van der Waals surface area contributed by atoms with Crippen LogP contribution in [0.3, 0.4) is 0 Å². The summed E-state index contributed by atoms with van der Waals surface area (Å²) in [5, 5.41) is 18.7. The number of anilines is 1. The lowest BCUT2D eigenvalue weighted by Gasteiger charge is -2.22. The van der Waals surface area contributed by atoms with Gasteiger partial charge in [0, 0.05) is 5.92 Å². The maximum absolute atomic E-state index is 9.32. The van der Waals surface area contributed by atoms with Crippen LogP contribution in [0.4, 0.5) is 5.13 Å². The third kappa shape index (κ3) is 1.97. The molecule has 1 aromatic rings. The molecule has 1 aromatic heterocycles. The van der Waals surface area contributed by atoms with E-state index in [1.807, 2.05) is 0 Å². The highest BCUT2D eigenvalue weighted by atomic mass is 32.1. The molecule has 0 aliphatic heterocycles. The van der Waals surface area contributed by atoms with Crippen molar-refractivity contribution in [1.82, 2.24) is 10.2 Å². The van der Waals surface area contributed by atoms with Crippen LogP contribution in [0, 0.1) is 0 Å². The van der Waals surface area contributed by atoms with Crippen LogP contribution in [0.1, 0.15) is 36.6 Å². The number of rotatable bonds is 1. The summed E-state index contributed by atoms with van der Waals surface area (Å²) in [6.07, 6.45) is 3.67. The molecule has 13 heavy (non-hydrogen) atoms. The van der Waals surface area contributed by atoms with E-state index in [0.717, 1.165) is 30.7 Å². The molecule has 5 heteroatoms. The van der Waals surface area contributed by atoms with Crippen molar-refractivity contribution in [1.29, 1.82) is 0 Å². The molecule has 0 aromatic carbocycles. The molecule has 0 bridgehead atoms. The van der Waals surface area contributed by atoms with Crippen molar-refractivity contribution in [3.05, 3.63) is 5.01 Å². The molecule has 0 radical (unpaired) electrons. The molecule has 1 saturated carbocycles. The van der Waals surface area contributed by atoms with Gasteiger partial charge in [-0.2, -0.15) is 0 Å². The summed E-state index contributed by atoms with van der Waals surface area (Å²) in [7, 11) is 0. The van der Waals surface area contributed by atoms with Crippen LogP contribution in [0.25, 0.3) is 0 Å². The first-order valence-electron chi connectivity index (χ1n) is 4.52. The van der Waals surface area contributed by atoms with Crippen molar-refractivity contribution >= 4 is 16.5 Å². The quantitative estimate of drug-likeness (QED) is 0.711. The minimum absolute atomic E-state index is 0.110. The van der Waals surface area contributed by atoms with E-state index in [-0.39, 0.29) is 6.10 Å². The van der Waals surface area contributed by atoms with Gasteiger partial charge in [-0.3, -0.25) is 0 Å². The maximum Gasteiger partial charge on any atom is 0.203 e. The number of aromatic nitrogens is 2. The number of aliphatic hydroxyl groups excluding tert-OH is 1. The number of hydrogen-bond acceptors (Lipinski definition) is 5. The molecule has 72 valence electrons. The smallest absolute Gasteiger partial charge is 0.203 e. The summed E-state index contributed by atoms with van der Waals surface area (Å²) < 4.78 is 0. The zero-order valence-electron chi connectivity index (χ0n) is 7.31. The van der Waals surface area contributed by atoms with Gasteiger partial charge in [0.1, 0.15) is 5.01 Å². The van der Waals surface area contributed by atoms with Gasteiger partial charge in [0.05, 0.1) is 6.10 Å². The van der Waals surface area contributed by atoms with E-state index in [0.29, 0.717) is 11.0 Å². The normalized spacial score (nSPS) is 29.0. The highest BCUT2D eigenvalue weighted by Crippen LogP contribution is 2.34. The van der Waals surface area contributed by atoms with Crippen molar-refractivity contribution < 1.29 is 5.11 Å². The van der Waals surface area contributed by atoms with Gasteiger partial charge >= 0.3 is 0 Å². The van der Waals surface area contributed by atoms with Gasteiger partial charge in [0.25, 0.3) is 0 Å². The molecule has 0 unspecified atom stereocenters. The Hall–Kier alpha value is -0.680. The molecule has 0 atom stereocenters. The second kappa shape index (κ2) is 3.59. The number of nitrogens with zero attached hydrogens (tertiary/aromatic N) is 2. The molecular formula is C8H13N3OS. The Morgan fingerprint density at radius 1 is 1.23 bits per heavy atom. The molecule has 1 aliphatic rings. The number of nitrogen functional groups attached to an aromatic ring is 1. The first-order chi connectivity index (χ1) is 6.25. The van der Waals surface area contributed by atoms with Crippen molar-refractivity contribution in [3.8, 4) is 0 Å². The Kier molecular flexibility index (Phi) is 2.46. The standard InChI is InChI=1S/C8H13N3OS/c9-8-11-10-7(13-8)5-1-3-6(12)4-2-5/h5-6,12H,1-4H2,(H2,9,11). The lowest BCUT2D eigenvalue weighted by molar-refractivity contribution is 0.122. The van der Waals surface area contributed by atoms with Gasteiger partial charge in [-0.05, 0) is 25.7 Å². The van der Waals surface area contributed by atoms with Crippen molar-refractivity contribution in [3.63, 3.8) is 0 Å². The molecule has 1 aliphatic carbocycles. The molecule has 4 nitrogen and oxygen atoms in total. The summed E-state index contributed by atoms with van der Waals surface area (Å²) in [5.41, 5.74) is 5.51. The van der Waals surface area contributed by atoms with Crippen molar-refractivity contribution in [2.75, 3.05) is 5.73 Å². The van der Waals surface area contributed by atoms with Crippen LogP contribution in [0.5, 0.6) is 0 Å². The zero-order valence-corrected chi connectivity index (χ0v) is 8.13. The fourth-order valence-corrected chi connectivity index (χ4v) is 2.51. The zero-order chi connectivity index (χ0) is 9.26. The highest BCUT2D eigenvalue weighted by molar-refractivity contribution is 7.15. The third-order valence-corrected chi connectivity index (χ3v) is 3.42. The van der Waals surface area contributed by atoms with E-state index >= 15 is 0 Å². The minimum atomic E-state index is -0.110. The predicted molar refractivity (Wildman–Crippen MR) is 51.5 cm³/mol. The van der Waals surface area contributed by atoms with Crippen LogP contribution in [0.15, 0.2) is 0 Å². The summed E-state index contributed by atoms with van der Waals surface area (Å²) in [6.45, 7) is 0. The van der Waals surface area contributed by atoms with E-state index < -0.39 is 0 Å². The second-order valence-corrected chi connectivity index (χ2v) is 4.52. The average molecular weight is 199 g/mol. The van der Waals surface area contributed by atoms with E-state index in [4.69, 9.17) is 5.73 Å². The number of nitrogens with two attached hydrogens (primary N) is 1. The van der Waals surface area contributed by atoms with Gasteiger partial charge in [0.15, 0.2) is 0 Å². The van der Waals surface area contributed by atoms with Gasteiger partial charge < -0.3 is 10.8 Å².